The van der Waals surface area contributed by atoms with Crippen LogP contribution in [0, 0.1) is 0 Å². The van der Waals surface area contributed by atoms with Crippen molar-refractivity contribution in [1.82, 2.24) is 24.5 Å². The molecule has 0 saturated carbocycles. The molecule has 0 aliphatic carbocycles. The summed E-state index contributed by atoms with van der Waals surface area (Å²) >= 11 is 0. The Labute approximate surface area is 211 Å². The van der Waals surface area contributed by atoms with E-state index in [1.165, 1.54) is 38.1 Å². The van der Waals surface area contributed by atoms with Crippen LogP contribution in [0.4, 0.5) is 0 Å². The topological polar surface area (TPSA) is 136 Å². The standard InChI is InChI=1S/C28H29N5O4/c1-2-3-4-5-6-7-12-33-23-10-8-17(21-15-29-27(36)31-25(21)34)13-19(23)20-14-18(9-11-24(20)33)22-16-30-28(37)32-26(22)35/h8-11,13-16H,2-7,12H2,1H3,(H2,29,31,34,36)(H2,30,32,35,37). The number of benzene rings is 2. The van der Waals surface area contributed by atoms with Crippen molar-refractivity contribution in [2.24, 2.45) is 0 Å². The van der Waals surface area contributed by atoms with E-state index in [1.54, 1.807) is 0 Å². The van der Waals surface area contributed by atoms with E-state index in [1.807, 2.05) is 36.4 Å². The van der Waals surface area contributed by atoms with Gasteiger partial charge in [0.2, 0.25) is 0 Å². The molecule has 0 aliphatic rings. The minimum atomic E-state index is -0.555. The highest BCUT2D eigenvalue weighted by atomic mass is 16.2. The third-order valence-electron chi connectivity index (χ3n) is 6.86. The van der Waals surface area contributed by atoms with Gasteiger partial charge >= 0.3 is 11.4 Å². The summed E-state index contributed by atoms with van der Waals surface area (Å²) in [5, 5.41) is 1.87. The number of hydrogen-bond donors (Lipinski definition) is 4. The van der Waals surface area contributed by atoms with Gasteiger partial charge in [0.25, 0.3) is 11.1 Å². The van der Waals surface area contributed by atoms with Crippen LogP contribution < -0.4 is 22.5 Å². The van der Waals surface area contributed by atoms with Crippen molar-refractivity contribution < 1.29 is 0 Å². The van der Waals surface area contributed by atoms with Crippen molar-refractivity contribution in [3.05, 3.63) is 90.5 Å². The van der Waals surface area contributed by atoms with Crippen molar-refractivity contribution >= 4 is 21.8 Å². The van der Waals surface area contributed by atoms with E-state index < -0.39 is 22.5 Å². The molecule has 9 heteroatoms. The van der Waals surface area contributed by atoms with E-state index in [0.29, 0.717) is 22.3 Å². The second-order valence-corrected chi connectivity index (χ2v) is 9.35. The van der Waals surface area contributed by atoms with Gasteiger partial charge in [-0.2, -0.15) is 0 Å². The van der Waals surface area contributed by atoms with Crippen LogP contribution in [0.15, 0.2) is 68.0 Å². The Bertz CT molecular complexity index is 1690. The van der Waals surface area contributed by atoms with E-state index in [0.717, 1.165) is 41.2 Å². The molecular weight excluding hydrogens is 470 g/mol. The third-order valence-corrected chi connectivity index (χ3v) is 6.86. The van der Waals surface area contributed by atoms with Gasteiger partial charge in [0, 0.05) is 40.7 Å². The normalized spacial score (nSPS) is 11.5. The number of hydrogen-bond acceptors (Lipinski definition) is 4. The number of nitrogens with zero attached hydrogens (tertiary/aromatic N) is 1. The van der Waals surface area contributed by atoms with E-state index in [2.05, 4.69) is 31.4 Å². The summed E-state index contributed by atoms with van der Waals surface area (Å²) in [7, 11) is 0. The lowest BCUT2D eigenvalue weighted by atomic mass is 10.0. The highest BCUT2D eigenvalue weighted by Crippen LogP contribution is 2.34. The summed E-state index contributed by atoms with van der Waals surface area (Å²) in [6, 6.07) is 11.7. The van der Waals surface area contributed by atoms with Gasteiger partial charge in [0.15, 0.2) is 0 Å². The number of H-pyrrole nitrogens is 4. The second kappa shape index (κ2) is 10.3. The van der Waals surface area contributed by atoms with Crippen molar-refractivity contribution in [3.8, 4) is 22.3 Å². The molecule has 0 unspecified atom stereocenters. The SMILES string of the molecule is CCCCCCCCn1c2ccc(-c3c[nH]c(=O)[nH]c3=O)cc2c2cc(-c3c[nH]c(=O)[nH]c3=O)ccc21. The molecule has 37 heavy (non-hydrogen) atoms. The van der Waals surface area contributed by atoms with E-state index in [4.69, 9.17) is 0 Å². The first-order valence-corrected chi connectivity index (χ1v) is 12.7. The zero-order valence-corrected chi connectivity index (χ0v) is 20.6. The quantitative estimate of drug-likeness (QED) is 0.225. The van der Waals surface area contributed by atoms with Gasteiger partial charge in [0.1, 0.15) is 0 Å². The second-order valence-electron chi connectivity index (χ2n) is 9.35. The first-order chi connectivity index (χ1) is 18.0. The fourth-order valence-electron chi connectivity index (χ4n) is 4.98. The predicted molar refractivity (Wildman–Crippen MR) is 146 cm³/mol. The van der Waals surface area contributed by atoms with Gasteiger partial charge in [-0.3, -0.25) is 19.6 Å². The van der Waals surface area contributed by atoms with Crippen molar-refractivity contribution in [2.75, 3.05) is 0 Å². The van der Waals surface area contributed by atoms with Crippen LogP contribution in [0.1, 0.15) is 45.4 Å². The van der Waals surface area contributed by atoms with Crippen LogP contribution in [0.2, 0.25) is 0 Å². The maximum absolute atomic E-state index is 12.5. The summed E-state index contributed by atoms with van der Waals surface area (Å²) in [6.07, 6.45) is 9.97. The van der Waals surface area contributed by atoms with Gasteiger partial charge in [-0.25, -0.2) is 9.59 Å². The smallest absolute Gasteiger partial charge is 0.325 e. The Balaban J connectivity index is 1.64. The van der Waals surface area contributed by atoms with Gasteiger partial charge in [0.05, 0.1) is 11.1 Å². The Hall–Kier alpha value is -4.40. The largest absolute Gasteiger partial charge is 0.340 e. The zero-order valence-electron chi connectivity index (χ0n) is 20.6. The molecule has 5 aromatic rings. The number of nitrogens with one attached hydrogen (secondary N) is 4. The summed E-state index contributed by atoms with van der Waals surface area (Å²) in [4.78, 5) is 57.5. The average molecular weight is 500 g/mol. The van der Waals surface area contributed by atoms with Crippen LogP contribution in [-0.2, 0) is 6.54 Å². The number of aromatic amines is 4. The molecule has 2 aromatic carbocycles. The highest BCUT2D eigenvalue weighted by Gasteiger charge is 2.15. The number of rotatable bonds is 9. The molecule has 3 aromatic heterocycles. The van der Waals surface area contributed by atoms with E-state index in [-0.39, 0.29) is 0 Å². The molecule has 0 atom stereocenters. The molecule has 3 heterocycles. The van der Waals surface area contributed by atoms with Gasteiger partial charge < -0.3 is 14.5 Å². The molecule has 0 fully saturated rings. The first kappa shape index (κ1) is 24.3. The molecule has 0 aliphatic heterocycles. The Morgan fingerprint density at radius 2 is 1.14 bits per heavy atom. The maximum Gasteiger partial charge on any atom is 0.325 e. The number of aromatic nitrogens is 5. The van der Waals surface area contributed by atoms with E-state index >= 15 is 0 Å². The molecule has 9 nitrogen and oxygen atoms in total. The summed E-state index contributed by atoms with van der Waals surface area (Å²) in [5.74, 6) is 0. The molecule has 0 amide bonds. The lowest BCUT2D eigenvalue weighted by Gasteiger charge is -2.08. The van der Waals surface area contributed by atoms with Gasteiger partial charge in [-0.1, -0.05) is 51.2 Å². The van der Waals surface area contributed by atoms with Crippen LogP contribution in [0.25, 0.3) is 44.1 Å². The number of fused-ring (bicyclic) bond motifs is 3. The highest BCUT2D eigenvalue weighted by molar-refractivity contribution is 6.10. The minimum absolute atomic E-state index is 0.367. The summed E-state index contributed by atoms with van der Waals surface area (Å²) in [5.41, 5.74) is 2.12. The van der Waals surface area contributed by atoms with E-state index in [9.17, 15) is 19.2 Å². The molecule has 190 valence electrons. The van der Waals surface area contributed by atoms with Crippen LogP contribution in [-0.4, -0.2) is 24.5 Å². The fraction of sp³-hybridized carbons (Fsp3) is 0.286. The molecule has 4 N–H and O–H groups in total. The summed E-state index contributed by atoms with van der Waals surface area (Å²) < 4.78 is 2.28. The average Bonchev–Trinajstić information content (AvgIpc) is 3.18. The van der Waals surface area contributed by atoms with Gasteiger partial charge in [-0.05, 0) is 41.8 Å². The van der Waals surface area contributed by atoms with Crippen molar-refractivity contribution in [3.63, 3.8) is 0 Å². The lowest BCUT2D eigenvalue weighted by molar-refractivity contribution is 0.571. The molecule has 5 rings (SSSR count). The monoisotopic (exact) mass is 499 g/mol. The van der Waals surface area contributed by atoms with Crippen molar-refractivity contribution in [1.29, 1.82) is 0 Å². The maximum atomic E-state index is 12.5. The molecule has 0 spiro atoms. The van der Waals surface area contributed by atoms with Crippen LogP contribution in [0.5, 0.6) is 0 Å². The fourth-order valence-corrected chi connectivity index (χ4v) is 4.98. The number of unbranched alkanes of at least 4 members (excludes halogenated alkanes) is 5. The van der Waals surface area contributed by atoms with Crippen LogP contribution >= 0.6 is 0 Å². The van der Waals surface area contributed by atoms with Crippen molar-refractivity contribution in [2.45, 2.75) is 52.0 Å². The molecular formula is C28H29N5O4. The zero-order chi connectivity index (χ0) is 25.9. The minimum Gasteiger partial charge on any atom is -0.340 e. The number of aryl methyl sites for hydroxylation is 1. The Morgan fingerprint density at radius 1 is 0.649 bits per heavy atom. The summed E-state index contributed by atoms with van der Waals surface area (Å²) in [6.45, 7) is 3.06. The molecule has 0 bridgehead atoms. The van der Waals surface area contributed by atoms with Gasteiger partial charge in [-0.15, -0.1) is 0 Å². The molecule has 0 saturated heterocycles. The third kappa shape index (κ3) is 4.84. The predicted octanol–water partition coefficient (Wildman–Crippen LogP) is 4.24. The Morgan fingerprint density at radius 3 is 1.62 bits per heavy atom. The first-order valence-electron chi connectivity index (χ1n) is 12.7. The Kier molecular flexibility index (Phi) is 6.76. The van der Waals surface area contributed by atoms with Crippen LogP contribution in [0.3, 0.4) is 0 Å². The lowest BCUT2D eigenvalue weighted by Crippen LogP contribution is -2.22. The molecule has 0 radical (unpaired) electrons.